The summed E-state index contributed by atoms with van der Waals surface area (Å²) < 4.78 is 0. The highest BCUT2D eigenvalue weighted by Gasteiger charge is 2.30. The largest absolute Gasteiger partial charge is 0.481 e. The lowest BCUT2D eigenvalue weighted by atomic mass is 9.89. The van der Waals surface area contributed by atoms with Crippen LogP contribution < -0.4 is 5.32 Å². The molecule has 1 aromatic heterocycles. The van der Waals surface area contributed by atoms with Crippen molar-refractivity contribution in [3.63, 3.8) is 0 Å². The van der Waals surface area contributed by atoms with Crippen LogP contribution in [0.4, 0.5) is 5.82 Å². The van der Waals surface area contributed by atoms with E-state index in [1.807, 2.05) is 0 Å². The molecule has 0 bridgehead atoms. The van der Waals surface area contributed by atoms with Gasteiger partial charge in [0.05, 0.1) is 10.4 Å². The van der Waals surface area contributed by atoms with Crippen LogP contribution in [-0.4, -0.2) is 22.0 Å². The predicted octanol–water partition coefficient (Wildman–Crippen LogP) is 2.17. The Kier molecular flexibility index (Phi) is 4.07. The van der Waals surface area contributed by atoms with Gasteiger partial charge >= 0.3 is 5.97 Å². The molecule has 0 radical (unpaired) electrons. The van der Waals surface area contributed by atoms with Gasteiger partial charge < -0.3 is 10.4 Å². The number of carbonyl (C=O) groups excluding carboxylic acids is 1. The lowest BCUT2D eigenvalue weighted by Crippen LogP contribution is -2.29. The molecular weight excluding hydrogens is 244 g/mol. The topological polar surface area (TPSA) is 79.3 Å². The van der Waals surface area contributed by atoms with Crippen molar-refractivity contribution in [3.8, 4) is 0 Å². The average Bonchev–Trinajstić information content (AvgIpc) is 2.20. The minimum atomic E-state index is -1.12. The van der Waals surface area contributed by atoms with Gasteiger partial charge in [0.15, 0.2) is 5.82 Å². The summed E-state index contributed by atoms with van der Waals surface area (Å²) in [6, 6.07) is 3.23. The van der Waals surface area contributed by atoms with Gasteiger partial charge in [0.2, 0.25) is 5.91 Å². The van der Waals surface area contributed by atoms with Gasteiger partial charge in [-0.15, -0.1) is 0 Å². The Bertz CT molecular complexity index is 446. The van der Waals surface area contributed by atoms with Gasteiger partial charge in [0.25, 0.3) is 0 Å². The molecule has 1 amide bonds. The van der Waals surface area contributed by atoms with Crippen molar-refractivity contribution in [1.29, 1.82) is 0 Å². The first-order chi connectivity index (χ1) is 7.83. The molecule has 0 spiro atoms. The van der Waals surface area contributed by atoms with Crippen molar-refractivity contribution < 1.29 is 14.7 Å². The van der Waals surface area contributed by atoms with Gasteiger partial charge in [-0.1, -0.05) is 11.6 Å². The Labute approximate surface area is 104 Å². The van der Waals surface area contributed by atoms with E-state index in [0.717, 1.165) is 0 Å². The number of carbonyl (C=O) groups is 2. The third kappa shape index (κ3) is 3.71. The number of hydrogen-bond donors (Lipinski definition) is 2. The smallest absolute Gasteiger partial charge is 0.309 e. The summed E-state index contributed by atoms with van der Waals surface area (Å²) in [5.41, 5.74) is -1.12. The van der Waals surface area contributed by atoms with Crippen molar-refractivity contribution in [2.45, 2.75) is 20.3 Å². The summed E-state index contributed by atoms with van der Waals surface area (Å²) >= 11 is 5.81. The van der Waals surface area contributed by atoms with E-state index in [-0.39, 0.29) is 12.2 Å². The monoisotopic (exact) mass is 256 g/mol. The summed E-state index contributed by atoms with van der Waals surface area (Å²) in [7, 11) is 0. The standard InChI is InChI=1S/C11H13ClN2O3/c1-11(2,10(16)17)6-8(15)14-9-7(12)4-3-5-13-9/h3-5H,6H2,1-2H3,(H,16,17)(H,13,14,15). The maximum Gasteiger partial charge on any atom is 0.309 e. The Morgan fingerprint density at radius 2 is 2.18 bits per heavy atom. The van der Waals surface area contributed by atoms with E-state index in [4.69, 9.17) is 16.7 Å². The molecule has 0 aliphatic carbocycles. The number of aromatic nitrogens is 1. The van der Waals surface area contributed by atoms with Crippen molar-refractivity contribution in [2.75, 3.05) is 5.32 Å². The number of hydrogen-bond acceptors (Lipinski definition) is 3. The average molecular weight is 257 g/mol. The van der Waals surface area contributed by atoms with Crippen molar-refractivity contribution in [1.82, 2.24) is 4.98 Å². The van der Waals surface area contributed by atoms with E-state index in [9.17, 15) is 9.59 Å². The molecule has 1 rings (SSSR count). The molecule has 0 aliphatic rings. The number of nitrogens with zero attached hydrogens (tertiary/aromatic N) is 1. The molecule has 2 N–H and O–H groups in total. The second-order valence-electron chi connectivity index (χ2n) is 4.25. The predicted molar refractivity (Wildman–Crippen MR) is 63.9 cm³/mol. The highest BCUT2D eigenvalue weighted by atomic mass is 35.5. The number of amides is 1. The number of carboxylic acids is 1. The van der Waals surface area contributed by atoms with Crippen LogP contribution in [0, 0.1) is 5.41 Å². The molecule has 1 heterocycles. The van der Waals surface area contributed by atoms with Crippen molar-refractivity contribution in [2.24, 2.45) is 5.41 Å². The summed E-state index contributed by atoms with van der Waals surface area (Å²) in [5, 5.41) is 11.7. The SMILES string of the molecule is CC(C)(CC(=O)Nc1ncccc1Cl)C(=O)O. The molecule has 0 saturated carbocycles. The lowest BCUT2D eigenvalue weighted by Gasteiger charge is -2.18. The van der Waals surface area contributed by atoms with Crippen LogP contribution in [0.3, 0.4) is 0 Å². The van der Waals surface area contributed by atoms with Crippen LogP contribution >= 0.6 is 11.6 Å². The minimum Gasteiger partial charge on any atom is -0.481 e. The van der Waals surface area contributed by atoms with E-state index >= 15 is 0 Å². The molecule has 92 valence electrons. The van der Waals surface area contributed by atoms with Crippen LogP contribution in [0.25, 0.3) is 0 Å². The molecule has 0 atom stereocenters. The fourth-order valence-electron chi connectivity index (χ4n) is 1.13. The fraction of sp³-hybridized carbons (Fsp3) is 0.364. The zero-order valence-corrected chi connectivity index (χ0v) is 10.3. The number of anilines is 1. The molecule has 0 saturated heterocycles. The van der Waals surface area contributed by atoms with E-state index in [2.05, 4.69) is 10.3 Å². The zero-order valence-electron chi connectivity index (χ0n) is 9.53. The third-order valence-electron chi connectivity index (χ3n) is 2.20. The number of aliphatic carboxylic acids is 1. The molecule has 0 fully saturated rings. The maximum atomic E-state index is 11.6. The van der Waals surface area contributed by atoms with E-state index < -0.39 is 17.3 Å². The molecule has 17 heavy (non-hydrogen) atoms. The second kappa shape index (κ2) is 5.14. The Morgan fingerprint density at radius 1 is 1.53 bits per heavy atom. The summed E-state index contributed by atoms with van der Waals surface area (Å²) in [6.07, 6.45) is 1.35. The quantitative estimate of drug-likeness (QED) is 0.865. The van der Waals surface area contributed by atoms with E-state index in [1.54, 1.807) is 12.1 Å². The Hall–Kier alpha value is -1.62. The Morgan fingerprint density at radius 3 is 2.71 bits per heavy atom. The highest BCUT2D eigenvalue weighted by Crippen LogP contribution is 2.23. The minimum absolute atomic E-state index is 0.144. The summed E-state index contributed by atoms with van der Waals surface area (Å²) in [4.78, 5) is 26.3. The normalized spacial score (nSPS) is 11.0. The molecule has 5 nitrogen and oxygen atoms in total. The molecule has 1 aromatic rings. The molecule has 0 unspecified atom stereocenters. The Balaban J connectivity index is 2.69. The highest BCUT2D eigenvalue weighted by molar-refractivity contribution is 6.33. The third-order valence-corrected chi connectivity index (χ3v) is 2.50. The number of rotatable bonds is 4. The van der Waals surface area contributed by atoms with Crippen LogP contribution in [-0.2, 0) is 9.59 Å². The van der Waals surface area contributed by atoms with E-state index in [0.29, 0.717) is 5.02 Å². The van der Waals surface area contributed by atoms with Gasteiger partial charge in [-0.05, 0) is 26.0 Å². The second-order valence-corrected chi connectivity index (χ2v) is 4.66. The molecule has 6 heteroatoms. The first kappa shape index (κ1) is 13.4. The van der Waals surface area contributed by atoms with Crippen LogP contribution in [0.5, 0.6) is 0 Å². The zero-order chi connectivity index (χ0) is 13.1. The van der Waals surface area contributed by atoms with Gasteiger partial charge in [0, 0.05) is 12.6 Å². The van der Waals surface area contributed by atoms with Crippen LogP contribution in [0.15, 0.2) is 18.3 Å². The lowest BCUT2D eigenvalue weighted by molar-refractivity contribution is -0.148. The van der Waals surface area contributed by atoms with Crippen molar-refractivity contribution >= 4 is 29.3 Å². The molecular formula is C11H13ClN2O3. The van der Waals surface area contributed by atoms with Gasteiger partial charge in [-0.25, -0.2) is 4.98 Å². The summed E-state index contributed by atoms with van der Waals surface area (Å²) in [6.45, 7) is 2.96. The number of carboxylic acid groups (broad SMARTS) is 1. The summed E-state index contributed by atoms with van der Waals surface area (Å²) in [5.74, 6) is -1.22. The van der Waals surface area contributed by atoms with E-state index in [1.165, 1.54) is 20.0 Å². The molecule has 0 aromatic carbocycles. The fourth-order valence-corrected chi connectivity index (χ4v) is 1.30. The van der Waals surface area contributed by atoms with Gasteiger partial charge in [-0.2, -0.15) is 0 Å². The van der Waals surface area contributed by atoms with Crippen LogP contribution in [0.1, 0.15) is 20.3 Å². The number of halogens is 1. The maximum absolute atomic E-state index is 11.6. The molecule has 0 aliphatic heterocycles. The van der Waals surface area contributed by atoms with Crippen LogP contribution in [0.2, 0.25) is 5.02 Å². The van der Waals surface area contributed by atoms with Crippen molar-refractivity contribution in [3.05, 3.63) is 23.4 Å². The first-order valence-corrected chi connectivity index (χ1v) is 5.34. The number of nitrogens with one attached hydrogen (secondary N) is 1. The first-order valence-electron chi connectivity index (χ1n) is 4.97. The van der Waals surface area contributed by atoms with Gasteiger partial charge in [-0.3, -0.25) is 9.59 Å². The van der Waals surface area contributed by atoms with Gasteiger partial charge in [0.1, 0.15) is 0 Å². The number of pyridine rings is 1.